The zero-order valence-electron chi connectivity index (χ0n) is 16.7. The molecule has 9 heteroatoms. The standard InChI is InChI=1S/C22H20F2N4O3/c1-30-19-13(23)3-2-4-15(19)27-18-16-20(22(6-8-31-11-22)10-26-21(16)29)28-17(18)12-5-7-25-9-14(12)24/h2-5,7,9,27-28H,6,8,10-11H2,1H3,(H,26,29)/t22-/m0/s1. The molecular weight excluding hydrogens is 406 g/mol. The Hall–Kier alpha value is -3.46. The SMILES string of the molecule is COc1c(F)cccc1Nc1c(-c2ccncc2F)[nH]c2c1C(=O)NC[C@]21CCOC1. The number of para-hydroxylation sites is 1. The van der Waals surface area contributed by atoms with Crippen LogP contribution in [0.15, 0.2) is 36.7 Å². The molecule has 160 valence electrons. The van der Waals surface area contributed by atoms with Gasteiger partial charge < -0.3 is 25.1 Å². The molecule has 7 nitrogen and oxygen atoms in total. The van der Waals surface area contributed by atoms with Crippen molar-refractivity contribution in [3.63, 3.8) is 0 Å². The van der Waals surface area contributed by atoms with Crippen molar-refractivity contribution in [2.24, 2.45) is 0 Å². The summed E-state index contributed by atoms with van der Waals surface area (Å²) in [5.41, 5.74) is 1.87. The molecule has 0 saturated carbocycles. The number of aromatic amines is 1. The molecule has 1 aromatic carbocycles. The highest BCUT2D eigenvalue weighted by atomic mass is 19.1. The van der Waals surface area contributed by atoms with E-state index in [0.717, 1.165) is 6.20 Å². The smallest absolute Gasteiger partial charge is 0.255 e. The summed E-state index contributed by atoms with van der Waals surface area (Å²) in [7, 11) is 1.36. The zero-order chi connectivity index (χ0) is 21.6. The maximum atomic E-state index is 14.7. The summed E-state index contributed by atoms with van der Waals surface area (Å²) < 4.78 is 39.8. The topological polar surface area (TPSA) is 88.3 Å². The maximum absolute atomic E-state index is 14.7. The number of fused-ring (bicyclic) bond motifs is 2. The van der Waals surface area contributed by atoms with Crippen molar-refractivity contribution >= 4 is 17.3 Å². The van der Waals surface area contributed by atoms with Crippen molar-refractivity contribution in [1.29, 1.82) is 0 Å². The lowest BCUT2D eigenvalue weighted by Crippen LogP contribution is -2.47. The number of anilines is 2. The predicted molar refractivity (Wildman–Crippen MR) is 110 cm³/mol. The minimum Gasteiger partial charge on any atom is -0.492 e. The molecule has 3 N–H and O–H groups in total. The van der Waals surface area contributed by atoms with Crippen molar-refractivity contribution in [3.05, 3.63) is 59.6 Å². The third-order valence-corrected chi connectivity index (χ3v) is 5.92. The van der Waals surface area contributed by atoms with E-state index in [4.69, 9.17) is 9.47 Å². The highest BCUT2D eigenvalue weighted by molar-refractivity contribution is 6.07. The maximum Gasteiger partial charge on any atom is 0.255 e. The number of amides is 1. The number of H-pyrrole nitrogens is 1. The van der Waals surface area contributed by atoms with Crippen LogP contribution in [0.3, 0.4) is 0 Å². The number of methoxy groups -OCH3 is 1. The number of ether oxygens (including phenoxy) is 2. The van der Waals surface area contributed by atoms with Crippen LogP contribution >= 0.6 is 0 Å². The Morgan fingerprint density at radius 1 is 1.26 bits per heavy atom. The van der Waals surface area contributed by atoms with E-state index in [1.165, 1.54) is 31.5 Å². The Morgan fingerprint density at radius 3 is 2.87 bits per heavy atom. The van der Waals surface area contributed by atoms with Gasteiger partial charge in [-0.05, 0) is 24.6 Å². The summed E-state index contributed by atoms with van der Waals surface area (Å²) >= 11 is 0. The normalized spacial score (nSPS) is 19.9. The summed E-state index contributed by atoms with van der Waals surface area (Å²) in [6, 6.07) is 5.95. The van der Waals surface area contributed by atoms with Crippen molar-refractivity contribution in [3.8, 4) is 17.0 Å². The Bertz CT molecular complexity index is 1170. The molecule has 4 heterocycles. The second-order valence-electron chi connectivity index (χ2n) is 7.69. The second kappa shape index (κ2) is 7.35. The number of halogens is 2. The Morgan fingerprint density at radius 2 is 2.13 bits per heavy atom. The average Bonchev–Trinajstić information content (AvgIpc) is 3.38. The molecule has 31 heavy (non-hydrogen) atoms. The number of nitrogens with zero attached hydrogens (tertiary/aromatic N) is 1. The lowest BCUT2D eigenvalue weighted by Gasteiger charge is -2.32. The van der Waals surface area contributed by atoms with Gasteiger partial charge in [0.2, 0.25) is 0 Å². The molecule has 2 aliphatic heterocycles. The average molecular weight is 426 g/mol. The first-order chi connectivity index (χ1) is 15.0. The van der Waals surface area contributed by atoms with Crippen LogP contribution in [0.25, 0.3) is 11.3 Å². The molecule has 1 fully saturated rings. The molecular formula is C22H20F2N4O3. The third-order valence-electron chi connectivity index (χ3n) is 5.92. The van der Waals surface area contributed by atoms with Crippen LogP contribution in [0.1, 0.15) is 22.5 Å². The molecule has 1 spiro atoms. The molecule has 1 saturated heterocycles. The molecule has 1 amide bonds. The Kier molecular flexibility index (Phi) is 4.62. The molecule has 0 unspecified atom stereocenters. The molecule has 5 rings (SSSR count). The fraction of sp³-hybridized carbons (Fsp3) is 0.273. The van der Waals surface area contributed by atoms with Gasteiger partial charge in [-0.15, -0.1) is 0 Å². The van der Waals surface area contributed by atoms with Crippen LogP contribution in [0.4, 0.5) is 20.2 Å². The van der Waals surface area contributed by atoms with E-state index < -0.39 is 17.0 Å². The van der Waals surface area contributed by atoms with Gasteiger partial charge in [0.15, 0.2) is 17.4 Å². The minimum atomic E-state index is -0.557. The second-order valence-corrected chi connectivity index (χ2v) is 7.69. The number of aromatic nitrogens is 2. The molecule has 3 aromatic rings. The van der Waals surface area contributed by atoms with E-state index in [1.54, 1.807) is 6.07 Å². The van der Waals surface area contributed by atoms with E-state index in [0.29, 0.717) is 54.5 Å². The number of hydrogen-bond acceptors (Lipinski definition) is 5. The number of pyridine rings is 1. The fourth-order valence-electron chi connectivity index (χ4n) is 4.35. The first kappa shape index (κ1) is 19.5. The lowest BCUT2D eigenvalue weighted by atomic mass is 9.79. The van der Waals surface area contributed by atoms with Gasteiger partial charge in [0.05, 0.1) is 48.0 Å². The van der Waals surface area contributed by atoms with Crippen LogP contribution in [0.2, 0.25) is 0 Å². The summed E-state index contributed by atoms with van der Waals surface area (Å²) in [5.74, 6) is -1.41. The Balaban J connectivity index is 1.75. The van der Waals surface area contributed by atoms with Gasteiger partial charge in [0.25, 0.3) is 5.91 Å². The zero-order valence-corrected chi connectivity index (χ0v) is 16.7. The van der Waals surface area contributed by atoms with Crippen molar-refractivity contribution < 1.29 is 23.0 Å². The predicted octanol–water partition coefficient (Wildman–Crippen LogP) is 3.51. The summed E-state index contributed by atoms with van der Waals surface area (Å²) in [6.07, 6.45) is 3.29. The Labute approximate surface area is 176 Å². The first-order valence-corrected chi connectivity index (χ1v) is 9.86. The van der Waals surface area contributed by atoms with E-state index in [9.17, 15) is 13.6 Å². The monoisotopic (exact) mass is 426 g/mol. The van der Waals surface area contributed by atoms with E-state index in [1.807, 2.05) is 0 Å². The number of carbonyl (C=O) groups excluding carboxylic acids is 1. The summed E-state index contributed by atoms with van der Waals surface area (Å²) in [6.45, 7) is 1.41. The van der Waals surface area contributed by atoms with Crippen LogP contribution in [-0.2, 0) is 10.2 Å². The molecule has 2 aromatic heterocycles. The van der Waals surface area contributed by atoms with Crippen molar-refractivity contribution in [1.82, 2.24) is 15.3 Å². The van der Waals surface area contributed by atoms with Crippen LogP contribution in [-0.4, -0.2) is 42.7 Å². The highest BCUT2D eigenvalue weighted by Gasteiger charge is 2.46. The molecule has 0 radical (unpaired) electrons. The summed E-state index contributed by atoms with van der Waals surface area (Å²) in [5, 5.41) is 6.04. The van der Waals surface area contributed by atoms with Crippen molar-refractivity contribution in [2.75, 3.05) is 32.2 Å². The van der Waals surface area contributed by atoms with Gasteiger partial charge in [-0.2, -0.15) is 0 Å². The van der Waals surface area contributed by atoms with Gasteiger partial charge in [-0.25, -0.2) is 8.78 Å². The van der Waals surface area contributed by atoms with Crippen LogP contribution < -0.4 is 15.4 Å². The van der Waals surface area contributed by atoms with Gasteiger partial charge >= 0.3 is 0 Å². The summed E-state index contributed by atoms with van der Waals surface area (Å²) in [4.78, 5) is 20.1. The third kappa shape index (κ3) is 3.04. The number of benzene rings is 1. The highest BCUT2D eigenvalue weighted by Crippen LogP contribution is 2.45. The van der Waals surface area contributed by atoms with Crippen LogP contribution in [0, 0.1) is 11.6 Å². The number of rotatable bonds is 4. The first-order valence-electron chi connectivity index (χ1n) is 9.86. The minimum absolute atomic E-state index is 0.00580. The van der Waals surface area contributed by atoms with Gasteiger partial charge in [0, 0.05) is 30.6 Å². The van der Waals surface area contributed by atoms with Gasteiger partial charge in [0.1, 0.15) is 0 Å². The molecule has 0 bridgehead atoms. The molecule has 2 aliphatic rings. The quantitative estimate of drug-likeness (QED) is 0.594. The number of hydrogen-bond donors (Lipinski definition) is 3. The number of nitrogens with one attached hydrogen (secondary N) is 3. The molecule has 0 aliphatic carbocycles. The lowest BCUT2D eigenvalue weighted by molar-refractivity contribution is 0.0917. The van der Waals surface area contributed by atoms with Gasteiger partial charge in [-0.1, -0.05) is 6.07 Å². The fourth-order valence-corrected chi connectivity index (χ4v) is 4.35. The largest absolute Gasteiger partial charge is 0.492 e. The van der Waals surface area contributed by atoms with E-state index in [2.05, 4.69) is 20.6 Å². The molecule has 1 atom stereocenters. The van der Waals surface area contributed by atoms with Gasteiger partial charge in [-0.3, -0.25) is 9.78 Å². The number of carbonyl (C=O) groups is 1. The van der Waals surface area contributed by atoms with E-state index >= 15 is 0 Å². The van der Waals surface area contributed by atoms with E-state index in [-0.39, 0.29) is 17.2 Å². The van der Waals surface area contributed by atoms with Crippen molar-refractivity contribution in [2.45, 2.75) is 11.8 Å². The van der Waals surface area contributed by atoms with Crippen LogP contribution in [0.5, 0.6) is 5.75 Å².